The number of aromatic nitrogens is 2. The fourth-order valence-electron chi connectivity index (χ4n) is 2.46. The number of fused-ring (bicyclic) bond motifs is 1. The van der Waals surface area contributed by atoms with E-state index in [9.17, 15) is 10.1 Å². The number of hydrogen-bond donors (Lipinski definition) is 2. The molecule has 1 aliphatic rings. The lowest BCUT2D eigenvalue weighted by atomic mass is 9.93. The van der Waals surface area contributed by atoms with Gasteiger partial charge in [0.1, 0.15) is 11.9 Å². The number of benzene rings is 1. The molecule has 1 unspecified atom stereocenters. The summed E-state index contributed by atoms with van der Waals surface area (Å²) in [6.07, 6.45) is 2.00. The number of para-hydroxylation sites is 1. The van der Waals surface area contributed by atoms with Crippen molar-refractivity contribution in [2.45, 2.75) is 12.3 Å². The van der Waals surface area contributed by atoms with Gasteiger partial charge in [-0.2, -0.15) is 4.98 Å². The molecule has 8 nitrogen and oxygen atoms in total. The summed E-state index contributed by atoms with van der Waals surface area (Å²) in [6, 6.07) is 7.89. The van der Waals surface area contributed by atoms with Gasteiger partial charge < -0.3 is 15.8 Å². The fraction of sp³-hybridized carbons (Fsp3) is 0.286. The Kier molecular flexibility index (Phi) is 3.73. The first-order chi connectivity index (χ1) is 10.6. The number of hydrogen-bond acceptors (Lipinski definition) is 7. The summed E-state index contributed by atoms with van der Waals surface area (Å²) in [5.41, 5.74) is 6.40. The molecule has 1 aromatic heterocycles. The van der Waals surface area contributed by atoms with Crippen molar-refractivity contribution in [3.8, 4) is 5.75 Å². The molecule has 2 aromatic rings. The van der Waals surface area contributed by atoms with Crippen LogP contribution >= 0.6 is 0 Å². The van der Waals surface area contributed by atoms with E-state index in [0.29, 0.717) is 13.2 Å². The van der Waals surface area contributed by atoms with Crippen molar-refractivity contribution >= 4 is 17.5 Å². The number of nitrogens with two attached hydrogens (primary N) is 1. The van der Waals surface area contributed by atoms with Crippen molar-refractivity contribution in [3.05, 3.63) is 46.1 Å². The molecule has 0 aliphatic carbocycles. The van der Waals surface area contributed by atoms with E-state index in [1.165, 1.54) is 0 Å². The van der Waals surface area contributed by atoms with Gasteiger partial charge in [0, 0.05) is 12.5 Å². The first kappa shape index (κ1) is 14.1. The first-order valence-electron chi connectivity index (χ1n) is 6.87. The summed E-state index contributed by atoms with van der Waals surface area (Å²) >= 11 is 0. The third-order valence-electron chi connectivity index (χ3n) is 3.58. The Hall–Kier alpha value is -2.90. The zero-order chi connectivity index (χ0) is 15.5. The lowest BCUT2D eigenvalue weighted by molar-refractivity contribution is -0.384. The topological polar surface area (TPSA) is 116 Å². The Labute approximate surface area is 126 Å². The number of anilines is 2. The maximum atomic E-state index is 10.7. The minimum absolute atomic E-state index is 0.144. The number of nitrogens with zero attached hydrogens (tertiary/aromatic N) is 3. The molecular weight excluding hydrogens is 286 g/mol. The molecule has 0 radical (unpaired) electrons. The van der Waals surface area contributed by atoms with Gasteiger partial charge in [-0.1, -0.05) is 18.2 Å². The second-order valence-electron chi connectivity index (χ2n) is 4.97. The molecule has 0 amide bonds. The second-order valence-corrected chi connectivity index (χ2v) is 4.97. The van der Waals surface area contributed by atoms with Crippen molar-refractivity contribution in [3.63, 3.8) is 0 Å². The van der Waals surface area contributed by atoms with Gasteiger partial charge >= 0.3 is 5.69 Å². The average molecular weight is 301 g/mol. The van der Waals surface area contributed by atoms with E-state index >= 15 is 0 Å². The molecule has 0 fully saturated rings. The number of nitrogen functional groups attached to an aromatic ring is 1. The highest BCUT2D eigenvalue weighted by Crippen LogP contribution is 2.33. The average Bonchev–Trinajstić information content (AvgIpc) is 2.52. The fourth-order valence-corrected chi connectivity index (χ4v) is 2.46. The quantitative estimate of drug-likeness (QED) is 0.654. The normalized spacial score (nSPS) is 16.5. The molecule has 3 rings (SSSR count). The van der Waals surface area contributed by atoms with E-state index in [0.717, 1.165) is 23.9 Å². The molecule has 0 saturated carbocycles. The van der Waals surface area contributed by atoms with Gasteiger partial charge in [-0.05, 0) is 18.1 Å². The van der Waals surface area contributed by atoms with Gasteiger partial charge in [0.05, 0.1) is 11.5 Å². The monoisotopic (exact) mass is 301 g/mol. The van der Waals surface area contributed by atoms with E-state index in [1.807, 2.05) is 24.3 Å². The molecule has 22 heavy (non-hydrogen) atoms. The molecule has 1 aliphatic heterocycles. The molecule has 114 valence electrons. The van der Waals surface area contributed by atoms with Gasteiger partial charge in [-0.3, -0.25) is 10.1 Å². The van der Waals surface area contributed by atoms with Crippen LogP contribution in [0.25, 0.3) is 0 Å². The van der Waals surface area contributed by atoms with Crippen LogP contribution in [-0.4, -0.2) is 28.0 Å². The van der Waals surface area contributed by atoms with E-state index in [4.69, 9.17) is 10.5 Å². The number of nitro groups is 1. The minimum Gasteiger partial charge on any atom is -0.493 e. The number of ether oxygens (including phenoxy) is 1. The highest BCUT2D eigenvalue weighted by Gasteiger charge is 2.21. The third-order valence-corrected chi connectivity index (χ3v) is 3.58. The molecule has 0 spiro atoms. The van der Waals surface area contributed by atoms with Crippen LogP contribution in [0, 0.1) is 10.1 Å². The molecule has 0 saturated heterocycles. The van der Waals surface area contributed by atoms with E-state index < -0.39 is 4.92 Å². The van der Waals surface area contributed by atoms with Crippen LogP contribution in [0.1, 0.15) is 17.9 Å². The lowest BCUT2D eigenvalue weighted by Crippen LogP contribution is -2.21. The molecule has 2 heterocycles. The maximum Gasteiger partial charge on any atom is 0.329 e. The van der Waals surface area contributed by atoms with Crippen molar-refractivity contribution < 1.29 is 9.66 Å². The first-order valence-corrected chi connectivity index (χ1v) is 6.87. The number of rotatable bonds is 4. The Bertz CT molecular complexity index is 707. The van der Waals surface area contributed by atoms with Crippen LogP contribution in [0.3, 0.4) is 0 Å². The van der Waals surface area contributed by atoms with Crippen LogP contribution in [0.2, 0.25) is 0 Å². The SMILES string of the molecule is Nc1nc(NCC2CCOc3ccccc32)ncc1[N+](=O)[O-]. The highest BCUT2D eigenvalue weighted by atomic mass is 16.6. The predicted octanol–water partition coefficient (Wildman–Crippen LogP) is 1.95. The van der Waals surface area contributed by atoms with Gasteiger partial charge in [0.2, 0.25) is 11.8 Å². The summed E-state index contributed by atoms with van der Waals surface area (Å²) < 4.78 is 5.61. The minimum atomic E-state index is -0.603. The van der Waals surface area contributed by atoms with Gasteiger partial charge in [0.25, 0.3) is 0 Å². The summed E-state index contributed by atoms with van der Waals surface area (Å²) in [7, 11) is 0. The maximum absolute atomic E-state index is 10.7. The molecule has 8 heteroatoms. The highest BCUT2D eigenvalue weighted by molar-refractivity contribution is 5.53. The summed E-state index contributed by atoms with van der Waals surface area (Å²) in [4.78, 5) is 17.9. The van der Waals surface area contributed by atoms with Crippen molar-refractivity contribution in [1.29, 1.82) is 0 Å². The molecule has 0 bridgehead atoms. The Balaban J connectivity index is 1.71. The Morgan fingerprint density at radius 3 is 3.05 bits per heavy atom. The predicted molar refractivity (Wildman–Crippen MR) is 80.9 cm³/mol. The van der Waals surface area contributed by atoms with Crippen LogP contribution in [0.5, 0.6) is 5.75 Å². The number of nitrogens with one attached hydrogen (secondary N) is 1. The molecular formula is C14H15N5O3. The van der Waals surface area contributed by atoms with Gasteiger partial charge in [0.15, 0.2) is 0 Å². The van der Waals surface area contributed by atoms with E-state index in [1.54, 1.807) is 0 Å². The van der Waals surface area contributed by atoms with Crippen molar-refractivity contribution in [2.75, 3.05) is 24.2 Å². The Morgan fingerprint density at radius 1 is 1.45 bits per heavy atom. The van der Waals surface area contributed by atoms with E-state index in [2.05, 4.69) is 15.3 Å². The third kappa shape index (κ3) is 2.76. The van der Waals surface area contributed by atoms with Gasteiger partial charge in [-0.25, -0.2) is 4.98 Å². The molecule has 3 N–H and O–H groups in total. The standard InChI is InChI=1S/C14H15N5O3/c15-13-11(19(20)21)8-17-14(18-13)16-7-9-5-6-22-12-4-2-1-3-10(9)12/h1-4,8-9H,5-7H2,(H3,15,16,17,18). The molecule has 1 aromatic carbocycles. The smallest absolute Gasteiger partial charge is 0.329 e. The lowest BCUT2D eigenvalue weighted by Gasteiger charge is -2.25. The summed E-state index contributed by atoms with van der Waals surface area (Å²) in [5, 5.41) is 13.8. The van der Waals surface area contributed by atoms with Crippen molar-refractivity contribution in [2.24, 2.45) is 0 Å². The second kappa shape index (κ2) is 5.84. The van der Waals surface area contributed by atoms with Crippen LogP contribution in [0.4, 0.5) is 17.5 Å². The zero-order valence-corrected chi connectivity index (χ0v) is 11.7. The summed E-state index contributed by atoms with van der Waals surface area (Å²) in [5.74, 6) is 1.30. The zero-order valence-electron chi connectivity index (χ0n) is 11.7. The van der Waals surface area contributed by atoms with Crippen LogP contribution in [-0.2, 0) is 0 Å². The van der Waals surface area contributed by atoms with E-state index in [-0.39, 0.29) is 23.4 Å². The van der Waals surface area contributed by atoms with Crippen LogP contribution in [0.15, 0.2) is 30.5 Å². The van der Waals surface area contributed by atoms with Gasteiger partial charge in [-0.15, -0.1) is 0 Å². The largest absolute Gasteiger partial charge is 0.493 e. The summed E-state index contributed by atoms with van der Waals surface area (Å²) in [6.45, 7) is 1.27. The van der Waals surface area contributed by atoms with Crippen LogP contribution < -0.4 is 15.8 Å². The Morgan fingerprint density at radius 2 is 2.27 bits per heavy atom. The molecule has 1 atom stereocenters. The van der Waals surface area contributed by atoms with Crippen molar-refractivity contribution in [1.82, 2.24) is 9.97 Å².